The maximum absolute atomic E-state index is 12.2. The Labute approximate surface area is 121 Å². The summed E-state index contributed by atoms with van der Waals surface area (Å²) in [6.45, 7) is 8.59. The van der Waals surface area contributed by atoms with Gasteiger partial charge in [-0.3, -0.25) is 4.79 Å². The van der Waals surface area contributed by atoms with Crippen molar-refractivity contribution >= 4 is 5.91 Å². The van der Waals surface area contributed by atoms with Gasteiger partial charge >= 0.3 is 0 Å². The van der Waals surface area contributed by atoms with Crippen molar-refractivity contribution in [2.75, 3.05) is 6.61 Å². The highest BCUT2D eigenvalue weighted by Gasteiger charge is 2.31. The third kappa shape index (κ3) is 3.86. The van der Waals surface area contributed by atoms with E-state index in [0.717, 1.165) is 18.6 Å². The van der Waals surface area contributed by atoms with Gasteiger partial charge in [0.25, 0.3) is 5.91 Å². The van der Waals surface area contributed by atoms with Crippen LogP contribution in [0.3, 0.4) is 0 Å². The fourth-order valence-electron chi connectivity index (χ4n) is 2.69. The van der Waals surface area contributed by atoms with E-state index >= 15 is 0 Å². The number of carbonyl (C=O) groups excluding carboxylic acids is 1. The van der Waals surface area contributed by atoms with Crippen LogP contribution in [-0.4, -0.2) is 18.6 Å². The van der Waals surface area contributed by atoms with Gasteiger partial charge in [0.05, 0.1) is 0 Å². The van der Waals surface area contributed by atoms with Crippen LogP contribution in [0.1, 0.15) is 43.5 Å². The molecule has 0 radical (unpaired) electrons. The van der Waals surface area contributed by atoms with E-state index in [1.165, 1.54) is 6.42 Å². The molecule has 1 aromatic carbocycles. The Kier molecular flexibility index (Phi) is 4.48. The predicted octanol–water partition coefficient (Wildman–Crippen LogP) is 3.56. The Bertz CT molecular complexity index is 476. The van der Waals surface area contributed by atoms with Gasteiger partial charge in [0.1, 0.15) is 12.4 Å². The summed E-state index contributed by atoms with van der Waals surface area (Å²) in [5.41, 5.74) is 1.03. The Morgan fingerprint density at radius 2 is 2.15 bits per heavy atom. The highest BCUT2D eigenvalue weighted by molar-refractivity contribution is 5.94. The summed E-state index contributed by atoms with van der Waals surface area (Å²) in [4.78, 5) is 12.2. The number of rotatable bonds is 5. The second kappa shape index (κ2) is 6.12. The zero-order valence-electron chi connectivity index (χ0n) is 12.3. The topological polar surface area (TPSA) is 38.3 Å². The monoisotopic (exact) mass is 273 g/mol. The second-order valence-electron chi connectivity index (χ2n) is 6.20. The van der Waals surface area contributed by atoms with Crippen molar-refractivity contribution in [3.63, 3.8) is 0 Å². The molecule has 0 aliphatic heterocycles. The van der Waals surface area contributed by atoms with Crippen LogP contribution in [0.15, 0.2) is 36.9 Å². The molecule has 1 aliphatic carbocycles. The summed E-state index contributed by atoms with van der Waals surface area (Å²) in [6.07, 6.45) is 4.99. The van der Waals surface area contributed by atoms with Crippen molar-refractivity contribution in [1.82, 2.24) is 5.32 Å². The Morgan fingerprint density at radius 1 is 1.45 bits per heavy atom. The molecule has 3 heteroatoms. The van der Waals surface area contributed by atoms with Crippen LogP contribution in [-0.2, 0) is 0 Å². The summed E-state index contributed by atoms with van der Waals surface area (Å²) in [5.74, 6) is 0.756. The standard InChI is InChI=1S/C17H23NO2/c1-4-11-20-15-7-5-13(6-8-15)16(19)18-14-9-10-17(2,3)12-14/h4-8,14H,1,9-12H2,2-3H3,(H,18,19). The van der Waals surface area contributed by atoms with E-state index in [1.807, 2.05) is 12.1 Å². The molecule has 0 bridgehead atoms. The van der Waals surface area contributed by atoms with E-state index in [2.05, 4.69) is 25.7 Å². The Hall–Kier alpha value is -1.77. The van der Waals surface area contributed by atoms with Gasteiger partial charge < -0.3 is 10.1 Å². The molecule has 0 heterocycles. The SMILES string of the molecule is C=CCOc1ccc(C(=O)NC2CCC(C)(C)C2)cc1. The number of benzene rings is 1. The number of carbonyl (C=O) groups is 1. The summed E-state index contributed by atoms with van der Waals surface area (Å²) in [7, 11) is 0. The predicted molar refractivity (Wildman–Crippen MR) is 81.0 cm³/mol. The fourth-order valence-corrected chi connectivity index (χ4v) is 2.69. The lowest BCUT2D eigenvalue weighted by molar-refractivity contribution is 0.0936. The number of nitrogens with one attached hydrogen (secondary N) is 1. The summed E-state index contributed by atoms with van der Waals surface area (Å²) >= 11 is 0. The van der Waals surface area contributed by atoms with Crippen molar-refractivity contribution in [3.8, 4) is 5.75 Å². The van der Waals surface area contributed by atoms with E-state index < -0.39 is 0 Å². The highest BCUT2D eigenvalue weighted by atomic mass is 16.5. The first-order valence-corrected chi connectivity index (χ1v) is 7.15. The normalized spacial score (nSPS) is 20.4. The second-order valence-corrected chi connectivity index (χ2v) is 6.20. The first-order chi connectivity index (χ1) is 9.50. The van der Waals surface area contributed by atoms with Crippen LogP contribution < -0.4 is 10.1 Å². The van der Waals surface area contributed by atoms with E-state index in [9.17, 15) is 4.79 Å². The molecular formula is C17H23NO2. The zero-order valence-corrected chi connectivity index (χ0v) is 12.3. The van der Waals surface area contributed by atoms with Crippen molar-refractivity contribution < 1.29 is 9.53 Å². The van der Waals surface area contributed by atoms with Crippen LogP contribution in [0.4, 0.5) is 0 Å². The van der Waals surface area contributed by atoms with Gasteiger partial charge in [-0.2, -0.15) is 0 Å². The number of hydrogen-bond acceptors (Lipinski definition) is 2. The van der Waals surface area contributed by atoms with E-state index in [-0.39, 0.29) is 5.91 Å². The van der Waals surface area contributed by atoms with Crippen LogP contribution >= 0.6 is 0 Å². The lowest BCUT2D eigenvalue weighted by Crippen LogP contribution is -2.33. The lowest BCUT2D eigenvalue weighted by atomic mass is 9.92. The van der Waals surface area contributed by atoms with Crippen molar-refractivity contribution in [3.05, 3.63) is 42.5 Å². The van der Waals surface area contributed by atoms with Gasteiger partial charge in [0, 0.05) is 11.6 Å². The summed E-state index contributed by atoms with van der Waals surface area (Å²) in [5, 5.41) is 3.12. The molecule has 0 spiro atoms. The van der Waals surface area contributed by atoms with E-state index in [0.29, 0.717) is 23.6 Å². The molecule has 108 valence electrons. The largest absolute Gasteiger partial charge is 0.490 e. The van der Waals surface area contributed by atoms with E-state index in [1.54, 1.807) is 18.2 Å². The minimum absolute atomic E-state index is 0.00275. The molecule has 1 N–H and O–H groups in total. The summed E-state index contributed by atoms with van der Waals surface area (Å²) < 4.78 is 5.40. The quantitative estimate of drug-likeness (QED) is 0.833. The molecule has 1 fully saturated rings. The van der Waals surface area contributed by atoms with Crippen LogP contribution in [0.25, 0.3) is 0 Å². The highest BCUT2D eigenvalue weighted by Crippen LogP contribution is 2.36. The van der Waals surface area contributed by atoms with Crippen LogP contribution in [0.2, 0.25) is 0 Å². The average molecular weight is 273 g/mol. The number of amides is 1. The van der Waals surface area contributed by atoms with Crippen LogP contribution in [0.5, 0.6) is 5.75 Å². The Balaban J connectivity index is 1.91. The third-order valence-electron chi connectivity index (χ3n) is 3.79. The fraction of sp³-hybridized carbons (Fsp3) is 0.471. The van der Waals surface area contributed by atoms with Crippen molar-refractivity contribution in [2.24, 2.45) is 5.41 Å². The first-order valence-electron chi connectivity index (χ1n) is 7.15. The number of hydrogen-bond donors (Lipinski definition) is 1. The van der Waals surface area contributed by atoms with E-state index in [4.69, 9.17) is 4.74 Å². The Morgan fingerprint density at radius 3 is 2.70 bits per heavy atom. The molecular weight excluding hydrogens is 250 g/mol. The van der Waals surface area contributed by atoms with Gasteiger partial charge in [-0.1, -0.05) is 26.5 Å². The van der Waals surface area contributed by atoms with Gasteiger partial charge in [-0.25, -0.2) is 0 Å². The molecule has 1 amide bonds. The molecule has 2 rings (SSSR count). The van der Waals surface area contributed by atoms with Crippen molar-refractivity contribution in [2.45, 2.75) is 39.2 Å². The van der Waals surface area contributed by atoms with Crippen molar-refractivity contribution in [1.29, 1.82) is 0 Å². The molecule has 20 heavy (non-hydrogen) atoms. The third-order valence-corrected chi connectivity index (χ3v) is 3.79. The molecule has 0 saturated heterocycles. The molecule has 0 aromatic heterocycles. The van der Waals surface area contributed by atoms with Gasteiger partial charge in [0.15, 0.2) is 0 Å². The maximum Gasteiger partial charge on any atom is 0.251 e. The molecule has 1 atom stereocenters. The summed E-state index contributed by atoms with van der Waals surface area (Å²) in [6, 6.07) is 7.53. The lowest BCUT2D eigenvalue weighted by Gasteiger charge is -2.18. The van der Waals surface area contributed by atoms with Gasteiger partial charge in [-0.05, 0) is 48.9 Å². The maximum atomic E-state index is 12.2. The molecule has 1 saturated carbocycles. The van der Waals surface area contributed by atoms with Gasteiger partial charge in [0.2, 0.25) is 0 Å². The van der Waals surface area contributed by atoms with Gasteiger partial charge in [-0.15, -0.1) is 0 Å². The molecule has 3 nitrogen and oxygen atoms in total. The molecule has 1 unspecified atom stereocenters. The smallest absolute Gasteiger partial charge is 0.251 e. The number of ether oxygens (including phenoxy) is 1. The average Bonchev–Trinajstić information content (AvgIpc) is 2.76. The minimum atomic E-state index is 0.00275. The zero-order chi connectivity index (χ0) is 14.6. The van der Waals surface area contributed by atoms with Crippen LogP contribution in [0, 0.1) is 5.41 Å². The molecule has 1 aliphatic rings. The first kappa shape index (κ1) is 14.6. The minimum Gasteiger partial charge on any atom is -0.490 e. The molecule has 1 aromatic rings.